The molecule has 1 unspecified atom stereocenters. The van der Waals surface area contributed by atoms with Crippen LogP contribution in [0, 0.1) is 0 Å². The Labute approximate surface area is 127 Å². The van der Waals surface area contributed by atoms with E-state index in [9.17, 15) is 0 Å². The number of benzene rings is 1. The minimum Gasteiger partial charge on any atom is -0.162 e. The molecule has 0 radical (unpaired) electrons. The number of hydrogen-bond acceptors (Lipinski definition) is 7. The van der Waals surface area contributed by atoms with E-state index in [1.165, 1.54) is 0 Å². The summed E-state index contributed by atoms with van der Waals surface area (Å²) in [5.41, 5.74) is 5.01. The summed E-state index contributed by atoms with van der Waals surface area (Å²) in [6.45, 7) is 0. The van der Waals surface area contributed by atoms with Gasteiger partial charge in [-0.2, -0.15) is 10.2 Å². The summed E-state index contributed by atoms with van der Waals surface area (Å²) in [7, 11) is 9.99. The third-order valence-electron chi connectivity index (χ3n) is 3.36. The third kappa shape index (κ3) is 2.99. The molecule has 0 saturated carbocycles. The first-order chi connectivity index (χ1) is 9.89. The van der Waals surface area contributed by atoms with Crippen molar-refractivity contribution in [3.8, 4) is 0 Å². The van der Waals surface area contributed by atoms with Gasteiger partial charge in [0.25, 0.3) is 0 Å². The summed E-state index contributed by atoms with van der Waals surface area (Å²) in [6, 6.07) is 7.90. The van der Waals surface area contributed by atoms with Crippen molar-refractivity contribution < 1.29 is 4.62 Å². The molecule has 21 heavy (non-hydrogen) atoms. The van der Waals surface area contributed by atoms with E-state index in [1.54, 1.807) is 0 Å². The first kappa shape index (κ1) is 16.4. The maximum atomic E-state index is 6.14. The average molecular weight is 311 g/mol. The van der Waals surface area contributed by atoms with Gasteiger partial charge in [-0.15, -0.1) is 19.5 Å². The van der Waals surface area contributed by atoms with Crippen molar-refractivity contribution in [1.82, 2.24) is 19.5 Å². The van der Waals surface area contributed by atoms with Crippen molar-refractivity contribution in [2.45, 2.75) is 6.17 Å². The Kier molecular flexibility index (Phi) is 5.03. The molecule has 1 aromatic rings. The highest BCUT2D eigenvalue weighted by Gasteiger charge is 2.52. The van der Waals surface area contributed by atoms with Crippen LogP contribution < -0.4 is 5.48 Å². The SMILES string of the molecule is CN(C)[P+](ONC1N=Nc2ccccc21)(N(C)C)N(C)C. The molecule has 1 aliphatic rings. The maximum Gasteiger partial charge on any atom is 0.393 e. The Morgan fingerprint density at radius 2 is 1.57 bits per heavy atom. The van der Waals surface area contributed by atoms with Gasteiger partial charge in [-0.05, 0) is 6.07 Å². The van der Waals surface area contributed by atoms with Gasteiger partial charge in [0, 0.05) is 47.8 Å². The molecule has 0 fully saturated rings. The molecule has 0 amide bonds. The van der Waals surface area contributed by atoms with Gasteiger partial charge in [0.1, 0.15) is 0 Å². The highest BCUT2D eigenvalue weighted by molar-refractivity contribution is 7.64. The predicted octanol–water partition coefficient (Wildman–Crippen LogP) is 2.67. The lowest BCUT2D eigenvalue weighted by Gasteiger charge is -2.36. The monoisotopic (exact) mass is 311 g/mol. The minimum absolute atomic E-state index is 0.263. The summed E-state index contributed by atoms with van der Waals surface area (Å²) < 4.78 is 12.4. The fourth-order valence-corrected chi connectivity index (χ4v) is 5.40. The van der Waals surface area contributed by atoms with Crippen molar-refractivity contribution in [1.29, 1.82) is 0 Å². The Morgan fingerprint density at radius 1 is 1.00 bits per heavy atom. The third-order valence-corrected chi connectivity index (χ3v) is 6.84. The summed E-state index contributed by atoms with van der Waals surface area (Å²) in [4.78, 5) is 0. The lowest BCUT2D eigenvalue weighted by atomic mass is 10.1. The van der Waals surface area contributed by atoms with Gasteiger partial charge in [-0.1, -0.05) is 22.8 Å². The second-order valence-electron chi connectivity index (χ2n) is 5.44. The van der Waals surface area contributed by atoms with Gasteiger partial charge in [0.05, 0.1) is 5.69 Å². The Morgan fingerprint density at radius 3 is 2.14 bits per heavy atom. The zero-order chi connectivity index (χ0) is 15.6. The molecule has 1 N–H and O–H groups in total. The molecule has 1 aromatic carbocycles. The molecule has 0 aliphatic carbocycles. The predicted molar refractivity (Wildman–Crippen MR) is 85.9 cm³/mol. The van der Waals surface area contributed by atoms with E-state index in [2.05, 4.69) is 29.7 Å². The van der Waals surface area contributed by atoms with E-state index >= 15 is 0 Å². The van der Waals surface area contributed by atoms with Crippen LogP contribution in [0.1, 0.15) is 11.7 Å². The van der Waals surface area contributed by atoms with E-state index in [-0.39, 0.29) is 6.17 Å². The molecular formula is C13H24N6OP+. The summed E-state index contributed by atoms with van der Waals surface area (Å²) in [5, 5.41) is 8.41. The summed E-state index contributed by atoms with van der Waals surface area (Å²) in [6.07, 6.45) is -0.263. The highest BCUT2D eigenvalue weighted by Crippen LogP contribution is 2.64. The number of nitrogens with one attached hydrogen (secondary N) is 1. The molecule has 1 heterocycles. The van der Waals surface area contributed by atoms with Crippen LogP contribution in [0.5, 0.6) is 0 Å². The fraction of sp³-hybridized carbons (Fsp3) is 0.538. The number of hydrogen-bond donors (Lipinski definition) is 1. The van der Waals surface area contributed by atoms with Crippen LogP contribution in [-0.4, -0.2) is 56.3 Å². The highest BCUT2D eigenvalue weighted by atomic mass is 31.2. The van der Waals surface area contributed by atoms with Crippen LogP contribution in [0.3, 0.4) is 0 Å². The largest absolute Gasteiger partial charge is 0.393 e. The molecule has 0 aromatic heterocycles. The number of azo groups is 1. The molecule has 8 heteroatoms. The van der Waals surface area contributed by atoms with Crippen LogP contribution in [0.15, 0.2) is 34.5 Å². The Balaban J connectivity index is 2.16. The lowest BCUT2D eigenvalue weighted by Crippen LogP contribution is -2.40. The normalized spacial score (nSPS) is 18.0. The molecular weight excluding hydrogens is 287 g/mol. The smallest absolute Gasteiger partial charge is 0.162 e. The molecule has 0 saturated heterocycles. The van der Waals surface area contributed by atoms with Crippen molar-refractivity contribution in [2.24, 2.45) is 10.2 Å². The van der Waals surface area contributed by atoms with E-state index in [0.717, 1.165) is 11.3 Å². The summed E-state index contributed by atoms with van der Waals surface area (Å²) in [5.74, 6) is 0. The van der Waals surface area contributed by atoms with E-state index in [0.29, 0.717) is 0 Å². The lowest BCUT2D eigenvalue weighted by molar-refractivity contribution is 0.123. The molecule has 2 rings (SSSR count). The number of rotatable bonds is 6. The van der Waals surface area contributed by atoms with Crippen LogP contribution in [0.2, 0.25) is 0 Å². The average Bonchev–Trinajstić information content (AvgIpc) is 2.82. The van der Waals surface area contributed by atoms with Crippen molar-refractivity contribution in [3.05, 3.63) is 29.8 Å². The van der Waals surface area contributed by atoms with Gasteiger partial charge in [0.15, 0.2) is 6.17 Å². The number of hydroxylamine groups is 1. The number of nitrogens with zero attached hydrogens (tertiary/aromatic N) is 5. The van der Waals surface area contributed by atoms with Crippen molar-refractivity contribution >= 4 is 13.6 Å². The second-order valence-corrected chi connectivity index (χ2v) is 9.05. The molecule has 1 atom stereocenters. The topological polar surface area (TPSA) is 55.7 Å². The molecule has 7 nitrogen and oxygen atoms in total. The van der Waals surface area contributed by atoms with Crippen LogP contribution in [-0.2, 0) is 4.62 Å². The van der Waals surface area contributed by atoms with E-state index < -0.39 is 7.94 Å². The quantitative estimate of drug-likeness (QED) is 0.646. The van der Waals surface area contributed by atoms with Gasteiger partial charge in [-0.25, -0.2) is 0 Å². The second kappa shape index (κ2) is 6.44. The van der Waals surface area contributed by atoms with Crippen molar-refractivity contribution in [3.63, 3.8) is 0 Å². The first-order valence-corrected chi connectivity index (χ1v) is 8.32. The fourth-order valence-electron chi connectivity index (χ4n) is 2.52. The van der Waals surface area contributed by atoms with Crippen molar-refractivity contribution in [2.75, 3.05) is 42.3 Å². The molecule has 0 spiro atoms. The van der Waals surface area contributed by atoms with Gasteiger partial charge >= 0.3 is 7.94 Å². The molecule has 116 valence electrons. The van der Waals surface area contributed by atoms with Crippen LogP contribution >= 0.6 is 7.94 Å². The number of fused-ring (bicyclic) bond motifs is 1. The van der Waals surface area contributed by atoms with Gasteiger partial charge < -0.3 is 0 Å². The van der Waals surface area contributed by atoms with Gasteiger partial charge in [-0.3, -0.25) is 0 Å². The van der Waals surface area contributed by atoms with Gasteiger partial charge in [0.2, 0.25) is 0 Å². The Bertz CT molecular complexity index is 497. The zero-order valence-corrected chi connectivity index (χ0v) is 14.4. The first-order valence-electron chi connectivity index (χ1n) is 6.76. The minimum atomic E-state index is -2.09. The van der Waals surface area contributed by atoms with E-state index in [4.69, 9.17) is 4.62 Å². The van der Waals surface area contributed by atoms with E-state index in [1.807, 2.05) is 66.6 Å². The standard InChI is InChI=1S/C13H24N6OP/c1-17(2)21(18(3)4,19(5)6)20-16-13-11-9-7-8-10-12(11)14-15-13/h7-10,13,16H,1-6H3/q+1. The Hall–Kier alpha value is -0.950. The zero-order valence-electron chi connectivity index (χ0n) is 13.5. The molecule has 1 aliphatic heterocycles. The van der Waals surface area contributed by atoms with Crippen LogP contribution in [0.25, 0.3) is 0 Å². The maximum absolute atomic E-state index is 6.14. The van der Waals surface area contributed by atoms with Crippen LogP contribution in [0.4, 0.5) is 5.69 Å². The molecule has 0 bridgehead atoms. The summed E-state index contributed by atoms with van der Waals surface area (Å²) >= 11 is 0.